The maximum atomic E-state index is 9.49. The quantitative estimate of drug-likeness (QED) is 0.803. The molecule has 1 aliphatic heterocycles. The van der Waals surface area contributed by atoms with Crippen LogP contribution in [0.5, 0.6) is 11.5 Å². The molecule has 3 nitrogen and oxygen atoms in total. The predicted octanol–water partition coefficient (Wildman–Crippen LogP) is 2.90. The number of rotatable bonds is 1. The van der Waals surface area contributed by atoms with E-state index >= 15 is 0 Å². The molecule has 1 atom stereocenters. The van der Waals surface area contributed by atoms with Crippen molar-refractivity contribution in [3.05, 3.63) is 22.7 Å². The van der Waals surface area contributed by atoms with E-state index in [0.29, 0.717) is 22.1 Å². The second-order valence-electron chi connectivity index (χ2n) is 4.08. The Morgan fingerprint density at radius 2 is 2.00 bits per heavy atom. The minimum Gasteiger partial charge on any atom is -0.449 e. The summed E-state index contributed by atoms with van der Waals surface area (Å²) >= 11 is 6.11. The zero-order valence-electron chi connectivity index (χ0n) is 8.87. The standard InChI is InChI=1S/C11H13ClO3/c1-6(13)7-4-5-8-10(9(7)12)15-11(2,3)14-8/h4-6,13H,1-3H3. The zero-order chi connectivity index (χ0) is 11.2. The highest BCUT2D eigenvalue weighted by Crippen LogP contribution is 2.46. The third-order valence-corrected chi connectivity index (χ3v) is 2.63. The second-order valence-corrected chi connectivity index (χ2v) is 4.45. The fourth-order valence-corrected chi connectivity index (χ4v) is 1.94. The Balaban J connectivity index is 2.49. The lowest BCUT2D eigenvalue weighted by Crippen LogP contribution is -2.29. The van der Waals surface area contributed by atoms with Gasteiger partial charge in [-0.05, 0) is 13.0 Å². The van der Waals surface area contributed by atoms with E-state index in [0.717, 1.165) is 0 Å². The van der Waals surface area contributed by atoms with Crippen LogP contribution in [0.15, 0.2) is 12.1 Å². The van der Waals surface area contributed by atoms with Crippen molar-refractivity contribution in [3.63, 3.8) is 0 Å². The molecular formula is C11H13ClO3. The van der Waals surface area contributed by atoms with Gasteiger partial charge in [0.2, 0.25) is 5.79 Å². The van der Waals surface area contributed by atoms with E-state index < -0.39 is 11.9 Å². The van der Waals surface area contributed by atoms with Crippen LogP contribution in [0.2, 0.25) is 5.02 Å². The Kier molecular flexibility index (Phi) is 2.32. The fraction of sp³-hybridized carbons (Fsp3) is 0.455. The average molecular weight is 229 g/mol. The number of aliphatic hydroxyl groups is 1. The van der Waals surface area contributed by atoms with Crippen molar-refractivity contribution in [2.24, 2.45) is 0 Å². The zero-order valence-corrected chi connectivity index (χ0v) is 9.63. The molecule has 0 amide bonds. The summed E-state index contributed by atoms with van der Waals surface area (Å²) in [7, 11) is 0. The molecule has 0 radical (unpaired) electrons. The monoisotopic (exact) mass is 228 g/mol. The van der Waals surface area contributed by atoms with E-state index in [1.54, 1.807) is 19.1 Å². The Bertz CT molecular complexity index is 399. The molecule has 0 aliphatic carbocycles. The maximum absolute atomic E-state index is 9.49. The number of halogens is 1. The van der Waals surface area contributed by atoms with Crippen LogP contribution in [0.1, 0.15) is 32.4 Å². The number of aliphatic hydroxyl groups excluding tert-OH is 1. The van der Waals surface area contributed by atoms with Crippen LogP contribution in [0.25, 0.3) is 0 Å². The van der Waals surface area contributed by atoms with Gasteiger partial charge in [0.25, 0.3) is 0 Å². The topological polar surface area (TPSA) is 38.7 Å². The number of hydrogen-bond donors (Lipinski definition) is 1. The van der Waals surface area contributed by atoms with Gasteiger partial charge in [0.1, 0.15) is 0 Å². The van der Waals surface area contributed by atoms with Gasteiger partial charge in [-0.15, -0.1) is 0 Å². The van der Waals surface area contributed by atoms with Gasteiger partial charge in [-0.1, -0.05) is 17.7 Å². The third-order valence-electron chi connectivity index (χ3n) is 2.24. The fourth-order valence-electron chi connectivity index (χ4n) is 1.58. The normalized spacial score (nSPS) is 19.0. The van der Waals surface area contributed by atoms with E-state index in [1.807, 2.05) is 13.8 Å². The first-order valence-corrected chi connectivity index (χ1v) is 5.17. The molecule has 0 saturated heterocycles. The first-order valence-electron chi connectivity index (χ1n) is 4.79. The molecule has 1 aromatic carbocycles. The molecule has 4 heteroatoms. The third kappa shape index (κ3) is 1.77. The van der Waals surface area contributed by atoms with Crippen molar-refractivity contribution in [1.82, 2.24) is 0 Å². The minimum absolute atomic E-state index is 0.424. The second kappa shape index (κ2) is 3.29. The highest BCUT2D eigenvalue weighted by Gasteiger charge is 2.34. The van der Waals surface area contributed by atoms with Gasteiger partial charge in [-0.2, -0.15) is 0 Å². The van der Waals surface area contributed by atoms with E-state index in [1.165, 1.54) is 0 Å². The number of ether oxygens (including phenoxy) is 2. The average Bonchev–Trinajstić information content (AvgIpc) is 2.40. The molecular weight excluding hydrogens is 216 g/mol. The van der Waals surface area contributed by atoms with Gasteiger partial charge >= 0.3 is 0 Å². The van der Waals surface area contributed by atoms with Gasteiger partial charge < -0.3 is 14.6 Å². The molecule has 0 bridgehead atoms. The number of benzene rings is 1. The molecule has 0 fully saturated rings. The van der Waals surface area contributed by atoms with Crippen molar-refractivity contribution in [2.75, 3.05) is 0 Å². The number of fused-ring (bicyclic) bond motifs is 1. The highest BCUT2D eigenvalue weighted by molar-refractivity contribution is 6.33. The van der Waals surface area contributed by atoms with Crippen molar-refractivity contribution < 1.29 is 14.6 Å². The first-order chi connectivity index (χ1) is 6.91. The first kappa shape index (κ1) is 10.6. The Labute approximate surface area is 93.6 Å². The molecule has 1 unspecified atom stereocenters. The molecule has 1 N–H and O–H groups in total. The lowest BCUT2D eigenvalue weighted by molar-refractivity contribution is -0.0431. The van der Waals surface area contributed by atoms with Crippen LogP contribution in [0, 0.1) is 0 Å². The Morgan fingerprint density at radius 1 is 1.33 bits per heavy atom. The van der Waals surface area contributed by atoms with E-state index in [9.17, 15) is 5.11 Å². The van der Waals surface area contributed by atoms with Gasteiger partial charge in [0.15, 0.2) is 11.5 Å². The Morgan fingerprint density at radius 3 is 2.60 bits per heavy atom. The molecule has 0 spiro atoms. The molecule has 2 rings (SSSR count). The summed E-state index contributed by atoms with van der Waals surface area (Å²) in [6, 6.07) is 3.51. The van der Waals surface area contributed by atoms with Crippen LogP contribution in [-0.2, 0) is 0 Å². The molecule has 0 aromatic heterocycles. The van der Waals surface area contributed by atoms with Gasteiger partial charge in [-0.3, -0.25) is 0 Å². The highest BCUT2D eigenvalue weighted by atomic mass is 35.5. The van der Waals surface area contributed by atoms with E-state index in [-0.39, 0.29) is 0 Å². The molecule has 1 heterocycles. The summed E-state index contributed by atoms with van der Waals surface area (Å²) in [6.07, 6.45) is -0.616. The van der Waals surface area contributed by atoms with E-state index in [4.69, 9.17) is 21.1 Å². The van der Waals surface area contributed by atoms with Gasteiger partial charge in [0.05, 0.1) is 11.1 Å². The molecule has 82 valence electrons. The summed E-state index contributed by atoms with van der Waals surface area (Å²) in [5.74, 6) is 0.443. The summed E-state index contributed by atoms with van der Waals surface area (Å²) in [5.41, 5.74) is 0.650. The van der Waals surface area contributed by atoms with Crippen LogP contribution in [0.4, 0.5) is 0 Å². The largest absolute Gasteiger partial charge is 0.449 e. The SMILES string of the molecule is CC(O)c1ccc2c(c1Cl)OC(C)(C)O2. The smallest absolute Gasteiger partial charge is 0.246 e. The maximum Gasteiger partial charge on any atom is 0.246 e. The molecule has 1 aliphatic rings. The number of hydrogen-bond acceptors (Lipinski definition) is 3. The van der Waals surface area contributed by atoms with E-state index in [2.05, 4.69) is 0 Å². The summed E-state index contributed by atoms with van der Waals surface area (Å²) in [4.78, 5) is 0. The van der Waals surface area contributed by atoms with Gasteiger partial charge in [-0.25, -0.2) is 0 Å². The van der Waals surface area contributed by atoms with Crippen LogP contribution >= 0.6 is 11.6 Å². The van der Waals surface area contributed by atoms with Gasteiger partial charge in [0, 0.05) is 19.4 Å². The van der Waals surface area contributed by atoms with Crippen molar-refractivity contribution in [2.45, 2.75) is 32.7 Å². The molecule has 15 heavy (non-hydrogen) atoms. The lowest BCUT2D eigenvalue weighted by Gasteiger charge is -2.16. The molecule has 1 aromatic rings. The minimum atomic E-state index is -0.691. The predicted molar refractivity (Wildman–Crippen MR) is 57.4 cm³/mol. The molecule has 0 saturated carbocycles. The summed E-state index contributed by atoms with van der Waals surface area (Å²) in [6.45, 7) is 5.28. The van der Waals surface area contributed by atoms with Crippen molar-refractivity contribution >= 4 is 11.6 Å². The lowest BCUT2D eigenvalue weighted by atomic mass is 10.1. The van der Waals surface area contributed by atoms with Crippen LogP contribution in [-0.4, -0.2) is 10.9 Å². The Hall–Kier alpha value is -0.930. The van der Waals surface area contributed by atoms with Crippen LogP contribution < -0.4 is 9.47 Å². The van der Waals surface area contributed by atoms with Crippen molar-refractivity contribution in [1.29, 1.82) is 0 Å². The summed E-state index contributed by atoms with van der Waals surface area (Å²) in [5, 5.41) is 9.91. The van der Waals surface area contributed by atoms with Crippen LogP contribution in [0.3, 0.4) is 0 Å². The summed E-state index contributed by atoms with van der Waals surface area (Å²) < 4.78 is 11.1. The van der Waals surface area contributed by atoms with Crippen molar-refractivity contribution in [3.8, 4) is 11.5 Å².